The third-order valence-electron chi connectivity index (χ3n) is 6.20. The van der Waals surface area contributed by atoms with Crippen LogP contribution in [0.3, 0.4) is 0 Å². The molecule has 7 nitrogen and oxygen atoms in total. The number of aryl methyl sites for hydroxylation is 1. The van der Waals surface area contributed by atoms with Crippen LogP contribution >= 0.6 is 0 Å². The Balaban J connectivity index is 1.45. The molecule has 166 valence electrons. The molecule has 33 heavy (non-hydrogen) atoms. The SMILES string of the molecule is Cc1ccc(S(=O)(=O)n2ccc3c4c(ccc32)OC(c2ccc3c(c2)OCO3)C4C=O)cc1. The Labute approximate surface area is 190 Å². The molecule has 4 aromatic rings. The Hall–Kier alpha value is -3.78. The van der Waals surface area contributed by atoms with E-state index in [1.54, 1.807) is 48.5 Å². The summed E-state index contributed by atoms with van der Waals surface area (Å²) in [7, 11) is -3.80. The number of nitrogens with zero attached hydrogens (tertiary/aromatic N) is 1. The lowest BCUT2D eigenvalue weighted by atomic mass is 9.90. The summed E-state index contributed by atoms with van der Waals surface area (Å²) in [6, 6.07) is 17.4. The van der Waals surface area contributed by atoms with E-state index in [2.05, 4.69) is 0 Å². The number of aromatic nitrogens is 1. The van der Waals surface area contributed by atoms with Crippen LogP contribution in [0.5, 0.6) is 17.2 Å². The van der Waals surface area contributed by atoms with Gasteiger partial charge >= 0.3 is 0 Å². The molecular formula is C25H19NO6S. The van der Waals surface area contributed by atoms with Gasteiger partial charge in [-0.2, -0.15) is 0 Å². The van der Waals surface area contributed by atoms with Gasteiger partial charge in [-0.1, -0.05) is 23.8 Å². The number of ether oxygens (including phenoxy) is 3. The summed E-state index contributed by atoms with van der Waals surface area (Å²) in [6.07, 6.45) is 1.83. The predicted octanol–water partition coefficient (Wildman–Crippen LogP) is 4.33. The van der Waals surface area contributed by atoms with Gasteiger partial charge in [-0.3, -0.25) is 0 Å². The van der Waals surface area contributed by atoms with Crippen LogP contribution in [0, 0.1) is 6.92 Å². The van der Waals surface area contributed by atoms with Crippen LogP contribution in [-0.2, 0) is 14.8 Å². The number of aldehydes is 1. The number of carbonyl (C=O) groups excluding carboxylic acids is 1. The number of benzene rings is 3. The van der Waals surface area contributed by atoms with Crippen molar-refractivity contribution in [3.8, 4) is 17.2 Å². The van der Waals surface area contributed by atoms with E-state index >= 15 is 0 Å². The molecule has 3 heterocycles. The minimum atomic E-state index is -3.80. The van der Waals surface area contributed by atoms with Gasteiger partial charge in [-0.25, -0.2) is 12.4 Å². The first-order chi connectivity index (χ1) is 16.0. The molecule has 0 saturated heterocycles. The average Bonchev–Trinajstić information content (AvgIpc) is 3.54. The lowest BCUT2D eigenvalue weighted by Gasteiger charge is -2.15. The molecule has 0 N–H and O–H groups in total. The van der Waals surface area contributed by atoms with Crippen LogP contribution in [-0.4, -0.2) is 25.5 Å². The minimum Gasteiger partial charge on any atom is -0.484 e. The van der Waals surface area contributed by atoms with Gasteiger partial charge in [0.25, 0.3) is 10.0 Å². The summed E-state index contributed by atoms with van der Waals surface area (Å²) < 4.78 is 44.9. The molecule has 0 saturated carbocycles. The van der Waals surface area contributed by atoms with Crippen molar-refractivity contribution in [3.63, 3.8) is 0 Å². The Morgan fingerprint density at radius 2 is 1.70 bits per heavy atom. The molecule has 1 aromatic heterocycles. The number of rotatable bonds is 4. The largest absolute Gasteiger partial charge is 0.484 e. The second kappa shape index (κ2) is 7.11. The second-order valence-corrected chi connectivity index (χ2v) is 9.97. The quantitative estimate of drug-likeness (QED) is 0.421. The Morgan fingerprint density at radius 3 is 2.48 bits per heavy atom. The van der Waals surface area contributed by atoms with Gasteiger partial charge in [0.2, 0.25) is 6.79 Å². The van der Waals surface area contributed by atoms with Gasteiger partial charge in [0, 0.05) is 17.1 Å². The lowest BCUT2D eigenvalue weighted by molar-refractivity contribution is -0.110. The zero-order valence-electron chi connectivity index (χ0n) is 17.6. The van der Waals surface area contributed by atoms with Crippen molar-refractivity contribution >= 4 is 27.2 Å². The maximum Gasteiger partial charge on any atom is 0.268 e. The van der Waals surface area contributed by atoms with Gasteiger partial charge in [0.15, 0.2) is 11.5 Å². The molecule has 0 spiro atoms. The van der Waals surface area contributed by atoms with Crippen LogP contribution in [0.25, 0.3) is 10.9 Å². The zero-order chi connectivity index (χ0) is 22.7. The fraction of sp³-hybridized carbons (Fsp3) is 0.160. The Bertz CT molecular complexity index is 1520. The standard InChI is InChI=1S/C25H19NO6S/c1-15-2-5-17(6-3-15)33(28,29)26-11-10-18-20(26)7-9-22-24(18)19(13-27)25(32-22)16-4-8-21-23(12-16)31-14-30-21/h2-13,19,25H,14H2,1H3. The van der Waals surface area contributed by atoms with Crippen LogP contribution in [0.15, 0.2) is 71.8 Å². The number of fused-ring (bicyclic) bond motifs is 4. The first kappa shape index (κ1) is 19.9. The van der Waals surface area contributed by atoms with Crippen molar-refractivity contribution in [2.45, 2.75) is 23.8 Å². The highest BCUT2D eigenvalue weighted by atomic mass is 32.2. The van der Waals surface area contributed by atoms with Crippen molar-refractivity contribution < 1.29 is 27.4 Å². The zero-order valence-corrected chi connectivity index (χ0v) is 18.4. The molecular weight excluding hydrogens is 442 g/mol. The molecule has 2 aliphatic rings. The summed E-state index contributed by atoms with van der Waals surface area (Å²) in [6.45, 7) is 2.06. The Kier molecular flexibility index (Phi) is 4.28. The van der Waals surface area contributed by atoms with Crippen LogP contribution in [0.4, 0.5) is 0 Å². The van der Waals surface area contributed by atoms with Crippen molar-refractivity contribution in [1.29, 1.82) is 0 Å². The van der Waals surface area contributed by atoms with Crippen LogP contribution < -0.4 is 14.2 Å². The van der Waals surface area contributed by atoms with Gasteiger partial charge in [0.05, 0.1) is 16.3 Å². The highest BCUT2D eigenvalue weighted by molar-refractivity contribution is 7.90. The Morgan fingerprint density at radius 1 is 0.939 bits per heavy atom. The van der Waals surface area contributed by atoms with Crippen molar-refractivity contribution in [2.75, 3.05) is 6.79 Å². The van der Waals surface area contributed by atoms with E-state index in [0.29, 0.717) is 33.7 Å². The molecule has 2 atom stereocenters. The van der Waals surface area contributed by atoms with E-state index in [4.69, 9.17) is 14.2 Å². The highest BCUT2D eigenvalue weighted by Gasteiger charge is 2.38. The van der Waals surface area contributed by atoms with Gasteiger partial charge in [0.1, 0.15) is 18.1 Å². The molecule has 2 unspecified atom stereocenters. The number of carbonyl (C=O) groups is 1. The summed E-state index contributed by atoms with van der Waals surface area (Å²) in [5, 5.41) is 0.670. The molecule has 0 amide bonds. The molecule has 3 aromatic carbocycles. The van der Waals surface area contributed by atoms with Crippen molar-refractivity contribution in [1.82, 2.24) is 3.97 Å². The number of hydrogen-bond donors (Lipinski definition) is 0. The fourth-order valence-electron chi connectivity index (χ4n) is 4.54. The summed E-state index contributed by atoms with van der Waals surface area (Å²) in [4.78, 5) is 12.4. The molecule has 0 radical (unpaired) electrons. The highest BCUT2D eigenvalue weighted by Crippen LogP contribution is 2.49. The second-order valence-electron chi connectivity index (χ2n) is 8.15. The maximum absolute atomic E-state index is 13.3. The van der Waals surface area contributed by atoms with E-state index in [9.17, 15) is 13.2 Å². The van der Waals surface area contributed by atoms with E-state index < -0.39 is 22.0 Å². The third-order valence-corrected chi connectivity index (χ3v) is 7.91. The van der Waals surface area contributed by atoms with Crippen molar-refractivity contribution in [2.24, 2.45) is 0 Å². The summed E-state index contributed by atoms with van der Waals surface area (Å²) in [5.41, 5.74) is 2.94. The summed E-state index contributed by atoms with van der Waals surface area (Å²) in [5.74, 6) is 1.23. The van der Waals surface area contributed by atoms with Gasteiger partial charge in [-0.05, 0) is 55.0 Å². The topological polar surface area (TPSA) is 83.8 Å². The smallest absolute Gasteiger partial charge is 0.268 e. The molecule has 0 fully saturated rings. The maximum atomic E-state index is 13.3. The van der Waals surface area contributed by atoms with E-state index in [1.165, 1.54) is 10.2 Å². The van der Waals surface area contributed by atoms with Crippen LogP contribution in [0.1, 0.15) is 28.7 Å². The van der Waals surface area contributed by atoms with Crippen molar-refractivity contribution in [3.05, 3.63) is 83.6 Å². The normalized spacial score (nSPS) is 18.8. The average molecular weight is 461 g/mol. The first-order valence-electron chi connectivity index (χ1n) is 10.4. The molecule has 2 aliphatic heterocycles. The van der Waals surface area contributed by atoms with Crippen LogP contribution in [0.2, 0.25) is 0 Å². The minimum absolute atomic E-state index is 0.158. The monoisotopic (exact) mass is 461 g/mol. The molecule has 0 aliphatic carbocycles. The molecule has 8 heteroatoms. The van der Waals surface area contributed by atoms with Gasteiger partial charge in [-0.15, -0.1) is 0 Å². The third kappa shape index (κ3) is 2.94. The summed E-state index contributed by atoms with van der Waals surface area (Å²) >= 11 is 0. The molecule has 6 rings (SSSR count). The number of hydrogen-bond acceptors (Lipinski definition) is 6. The van der Waals surface area contributed by atoms with E-state index in [1.807, 2.05) is 19.1 Å². The molecule has 0 bridgehead atoms. The van der Waals surface area contributed by atoms with E-state index in [-0.39, 0.29) is 11.7 Å². The predicted molar refractivity (Wildman–Crippen MR) is 120 cm³/mol. The van der Waals surface area contributed by atoms with Gasteiger partial charge < -0.3 is 19.0 Å². The van der Waals surface area contributed by atoms with E-state index in [0.717, 1.165) is 17.4 Å². The fourth-order valence-corrected chi connectivity index (χ4v) is 5.89. The lowest BCUT2D eigenvalue weighted by Crippen LogP contribution is -2.12. The first-order valence-corrected chi connectivity index (χ1v) is 11.9.